The molecule has 1 amide bonds. The minimum Gasteiger partial charge on any atom is -0.370 e. The summed E-state index contributed by atoms with van der Waals surface area (Å²) in [6.45, 7) is 2.05. The van der Waals surface area contributed by atoms with Crippen molar-refractivity contribution < 1.29 is 9.18 Å². The van der Waals surface area contributed by atoms with Crippen molar-refractivity contribution in [2.75, 3.05) is 23.3 Å². The highest BCUT2D eigenvalue weighted by Crippen LogP contribution is 2.28. The highest BCUT2D eigenvalue weighted by atomic mass is 19.1. The van der Waals surface area contributed by atoms with Gasteiger partial charge in [-0.15, -0.1) is 0 Å². The molecule has 0 radical (unpaired) electrons. The van der Waals surface area contributed by atoms with Crippen LogP contribution in [-0.2, 0) is 4.79 Å². The molecule has 2 aromatic carbocycles. The number of hydrogen-bond acceptors (Lipinski definition) is 2. The first kappa shape index (κ1) is 17.2. The van der Waals surface area contributed by atoms with E-state index in [2.05, 4.69) is 16.3 Å². The van der Waals surface area contributed by atoms with E-state index in [0.29, 0.717) is 0 Å². The molecule has 0 atom stereocenters. The number of nitrogens with zero attached hydrogens (tertiary/aromatic N) is 1. The second-order valence-corrected chi connectivity index (χ2v) is 6.29. The standard InChI is InChI=1S/C21H23FN2O/c22-18-12-9-17(10-13-18)11-14-21(25)23-19-7-3-4-8-20(19)24-15-5-1-2-6-16-24/h3-4,7-14H,1-2,5-6,15-16H2,(H,23,25)/b14-11+. The Morgan fingerprint density at radius 2 is 1.64 bits per heavy atom. The Balaban J connectivity index is 1.69. The highest BCUT2D eigenvalue weighted by Gasteiger charge is 2.14. The van der Waals surface area contributed by atoms with Gasteiger partial charge in [-0.2, -0.15) is 0 Å². The van der Waals surface area contributed by atoms with Crippen molar-refractivity contribution in [2.45, 2.75) is 25.7 Å². The van der Waals surface area contributed by atoms with Crippen LogP contribution in [0.1, 0.15) is 31.2 Å². The largest absolute Gasteiger partial charge is 0.370 e. The Morgan fingerprint density at radius 1 is 0.960 bits per heavy atom. The summed E-state index contributed by atoms with van der Waals surface area (Å²) in [5, 5.41) is 2.97. The van der Waals surface area contributed by atoms with E-state index in [4.69, 9.17) is 0 Å². The maximum Gasteiger partial charge on any atom is 0.248 e. The molecule has 3 rings (SSSR count). The van der Waals surface area contributed by atoms with E-state index in [1.807, 2.05) is 18.2 Å². The van der Waals surface area contributed by atoms with Crippen molar-refractivity contribution in [3.05, 3.63) is 66.0 Å². The Kier molecular flexibility index (Phi) is 5.83. The number of para-hydroxylation sites is 2. The minimum atomic E-state index is -0.284. The third-order valence-corrected chi connectivity index (χ3v) is 4.41. The summed E-state index contributed by atoms with van der Waals surface area (Å²) in [4.78, 5) is 14.6. The second-order valence-electron chi connectivity index (χ2n) is 6.29. The fraction of sp³-hybridized carbons (Fsp3) is 0.286. The Bertz CT molecular complexity index is 732. The molecule has 0 spiro atoms. The molecule has 1 heterocycles. The molecular weight excluding hydrogens is 315 g/mol. The van der Waals surface area contributed by atoms with Crippen LogP contribution in [0.25, 0.3) is 6.08 Å². The first-order chi connectivity index (χ1) is 12.2. The van der Waals surface area contributed by atoms with Crippen molar-refractivity contribution >= 4 is 23.4 Å². The molecule has 1 N–H and O–H groups in total. The highest BCUT2D eigenvalue weighted by molar-refractivity contribution is 6.03. The Labute approximate surface area is 148 Å². The average molecular weight is 338 g/mol. The number of carbonyl (C=O) groups is 1. The van der Waals surface area contributed by atoms with E-state index < -0.39 is 0 Å². The maximum absolute atomic E-state index is 12.9. The molecule has 3 nitrogen and oxygen atoms in total. The predicted octanol–water partition coefficient (Wildman–Crippen LogP) is 4.86. The van der Waals surface area contributed by atoms with E-state index >= 15 is 0 Å². The molecule has 1 aliphatic heterocycles. The molecule has 0 bridgehead atoms. The average Bonchev–Trinajstić information content (AvgIpc) is 2.91. The van der Waals surface area contributed by atoms with Gasteiger partial charge in [0.25, 0.3) is 0 Å². The number of anilines is 2. The molecule has 25 heavy (non-hydrogen) atoms. The molecule has 4 heteroatoms. The van der Waals surface area contributed by atoms with Crippen molar-refractivity contribution in [3.63, 3.8) is 0 Å². The summed E-state index contributed by atoms with van der Waals surface area (Å²) in [7, 11) is 0. The molecule has 1 saturated heterocycles. The molecule has 1 aliphatic rings. The van der Waals surface area contributed by atoms with Gasteiger partial charge >= 0.3 is 0 Å². The fourth-order valence-corrected chi connectivity index (χ4v) is 3.09. The third-order valence-electron chi connectivity index (χ3n) is 4.41. The molecule has 0 saturated carbocycles. The SMILES string of the molecule is O=C(/C=C/c1ccc(F)cc1)Nc1ccccc1N1CCCCCC1. The number of nitrogens with one attached hydrogen (secondary N) is 1. The summed E-state index contributed by atoms with van der Waals surface area (Å²) in [5.74, 6) is -0.473. The van der Waals surface area contributed by atoms with Crippen LogP contribution in [0.2, 0.25) is 0 Å². The van der Waals surface area contributed by atoms with Gasteiger partial charge in [-0.1, -0.05) is 37.1 Å². The van der Waals surface area contributed by atoms with Crippen molar-refractivity contribution in [2.24, 2.45) is 0 Å². The van der Waals surface area contributed by atoms with Gasteiger partial charge in [-0.25, -0.2) is 4.39 Å². The topological polar surface area (TPSA) is 32.3 Å². The van der Waals surface area contributed by atoms with Gasteiger partial charge in [0, 0.05) is 19.2 Å². The number of amides is 1. The van der Waals surface area contributed by atoms with Gasteiger partial charge < -0.3 is 10.2 Å². The summed E-state index contributed by atoms with van der Waals surface area (Å²) in [6.07, 6.45) is 8.08. The lowest BCUT2D eigenvalue weighted by Crippen LogP contribution is -2.25. The Morgan fingerprint density at radius 3 is 2.36 bits per heavy atom. The van der Waals surface area contributed by atoms with E-state index in [-0.39, 0.29) is 11.7 Å². The van der Waals surface area contributed by atoms with E-state index in [1.54, 1.807) is 18.2 Å². The smallest absolute Gasteiger partial charge is 0.248 e. The van der Waals surface area contributed by atoms with Gasteiger partial charge in [0.2, 0.25) is 5.91 Å². The molecule has 0 aromatic heterocycles. The molecule has 2 aromatic rings. The summed E-state index contributed by atoms with van der Waals surface area (Å²) < 4.78 is 12.9. The van der Waals surface area contributed by atoms with Crippen LogP contribution in [0.5, 0.6) is 0 Å². The van der Waals surface area contributed by atoms with Crippen molar-refractivity contribution in [1.82, 2.24) is 0 Å². The van der Waals surface area contributed by atoms with Gasteiger partial charge in [-0.05, 0) is 48.7 Å². The van der Waals surface area contributed by atoms with Crippen molar-refractivity contribution in [1.29, 1.82) is 0 Å². The van der Waals surface area contributed by atoms with Gasteiger partial charge in [0.05, 0.1) is 11.4 Å². The minimum absolute atomic E-state index is 0.188. The van der Waals surface area contributed by atoms with Gasteiger partial charge in [-0.3, -0.25) is 4.79 Å². The summed E-state index contributed by atoms with van der Waals surface area (Å²) in [5.41, 5.74) is 2.70. The van der Waals surface area contributed by atoms with Crippen LogP contribution >= 0.6 is 0 Å². The normalized spacial score (nSPS) is 15.2. The second kappa shape index (κ2) is 8.47. The monoisotopic (exact) mass is 338 g/mol. The molecular formula is C21H23FN2O. The van der Waals surface area contributed by atoms with Crippen LogP contribution in [0.3, 0.4) is 0 Å². The molecule has 0 aliphatic carbocycles. The lowest BCUT2D eigenvalue weighted by Gasteiger charge is -2.25. The van der Waals surface area contributed by atoms with Gasteiger partial charge in [0.15, 0.2) is 0 Å². The number of hydrogen-bond donors (Lipinski definition) is 1. The summed E-state index contributed by atoms with van der Waals surface area (Å²) in [6, 6.07) is 14.0. The lowest BCUT2D eigenvalue weighted by molar-refractivity contribution is -0.111. The predicted molar refractivity (Wildman–Crippen MR) is 101 cm³/mol. The zero-order valence-corrected chi connectivity index (χ0v) is 14.2. The first-order valence-corrected chi connectivity index (χ1v) is 8.81. The van der Waals surface area contributed by atoms with Crippen LogP contribution < -0.4 is 10.2 Å². The zero-order valence-electron chi connectivity index (χ0n) is 14.2. The fourth-order valence-electron chi connectivity index (χ4n) is 3.09. The first-order valence-electron chi connectivity index (χ1n) is 8.81. The third kappa shape index (κ3) is 4.92. The maximum atomic E-state index is 12.9. The quantitative estimate of drug-likeness (QED) is 0.808. The van der Waals surface area contributed by atoms with Crippen LogP contribution in [0.4, 0.5) is 15.8 Å². The van der Waals surface area contributed by atoms with E-state index in [0.717, 1.165) is 30.0 Å². The van der Waals surface area contributed by atoms with E-state index in [9.17, 15) is 9.18 Å². The number of rotatable bonds is 4. The molecule has 1 fully saturated rings. The number of halogens is 1. The zero-order chi connectivity index (χ0) is 17.5. The Hall–Kier alpha value is -2.62. The number of benzene rings is 2. The molecule has 130 valence electrons. The van der Waals surface area contributed by atoms with Crippen LogP contribution in [-0.4, -0.2) is 19.0 Å². The van der Waals surface area contributed by atoms with Crippen LogP contribution in [0.15, 0.2) is 54.6 Å². The van der Waals surface area contributed by atoms with E-state index in [1.165, 1.54) is 43.9 Å². The molecule has 0 unspecified atom stereocenters. The number of carbonyl (C=O) groups excluding carboxylic acids is 1. The van der Waals surface area contributed by atoms with Crippen LogP contribution in [0, 0.1) is 5.82 Å². The van der Waals surface area contributed by atoms with Crippen molar-refractivity contribution in [3.8, 4) is 0 Å². The van der Waals surface area contributed by atoms with Gasteiger partial charge in [0.1, 0.15) is 5.82 Å². The lowest BCUT2D eigenvalue weighted by atomic mass is 10.2. The summed E-state index contributed by atoms with van der Waals surface area (Å²) >= 11 is 0.